The summed E-state index contributed by atoms with van der Waals surface area (Å²) in [7, 11) is 1.86. The maximum Gasteiger partial charge on any atom is 0.191 e. The molecule has 17 heavy (non-hydrogen) atoms. The Morgan fingerprint density at radius 2 is 2.29 bits per heavy atom. The third-order valence-corrected chi connectivity index (χ3v) is 3.38. The largest absolute Gasteiger partial charge is 0.312 e. The zero-order valence-corrected chi connectivity index (χ0v) is 10.6. The second-order valence-corrected chi connectivity index (χ2v) is 4.75. The van der Waals surface area contributed by atoms with Gasteiger partial charge in [0.2, 0.25) is 0 Å². The van der Waals surface area contributed by atoms with E-state index in [0.29, 0.717) is 5.75 Å². The quantitative estimate of drug-likeness (QED) is 0.613. The van der Waals surface area contributed by atoms with Crippen LogP contribution in [0, 0.1) is 6.92 Å². The molecule has 0 atom stereocenters. The highest BCUT2D eigenvalue weighted by atomic mass is 32.2. The van der Waals surface area contributed by atoms with Crippen LogP contribution in [0.5, 0.6) is 0 Å². The van der Waals surface area contributed by atoms with E-state index in [2.05, 4.69) is 10.2 Å². The van der Waals surface area contributed by atoms with Gasteiger partial charge < -0.3 is 4.57 Å². The molecule has 0 N–H and O–H groups in total. The molecule has 0 amide bonds. The van der Waals surface area contributed by atoms with Crippen LogP contribution in [0.3, 0.4) is 0 Å². The summed E-state index contributed by atoms with van der Waals surface area (Å²) in [5, 5.41) is 8.45. The van der Waals surface area contributed by atoms with Crippen molar-refractivity contribution in [2.45, 2.75) is 12.1 Å². The molecular weight excluding hydrogens is 234 g/mol. The fraction of sp³-hybridized carbons (Fsp3) is 0.250. The van der Waals surface area contributed by atoms with Gasteiger partial charge in [0.15, 0.2) is 10.9 Å². The Morgan fingerprint density at radius 1 is 1.47 bits per heavy atom. The first-order chi connectivity index (χ1) is 8.16. The Labute approximate surface area is 104 Å². The fourth-order valence-corrected chi connectivity index (χ4v) is 2.22. The van der Waals surface area contributed by atoms with Crippen LogP contribution in [0.1, 0.15) is 15.9 Å². The summed E-state index contributed by atoms with van der Waals surface area (Å²) in [6.07, 6.45) is 1.62. The normalized spacial score (nSPS) is 10.5. The molecule has 0 saturated carbocycles. The van der Waals surface area contributed by atoms with Gasteiger partial charge in [0, 0.05) is 12.6 Å². The molecule has 1 aromatic heterocycles. The number of aryl methyl sites for hydroxylation is 2. The Kier molecular flexibility index (Phi) is 3.58. The molecule has 1 heterocycles. The SMILES string of the molecule is Cc1cccc(C(=O)CSc2nncn2C)c1. The number of carbonyl (C=O) groups is 1. The molecular formula is C12H13N3OS. The van der Waals surface area contributed by atoms with Crippen LogP contribution in [-0.2, 0) is 7.05 Å². The Hall–Kier alpha value is -1.62. The number of nitrogens with zero attached hydrogens (tertiary/aromatic N) is 3. The predicted molar refractivity (Wildman–Crippen MR) is 67.2 cm³/mol. The van der Waals surface area contributed by atoms with Gasteiger partial charge in [-0.05, 0) is 13.0 Å². The average molecular weight is 247 g/mol. The van der Waals surface area contributed by atoms with Crippen molar-refractivity contribution in [3.63, 3.8) is 0 Å². The second kappa shape index (κ2) is 5.14. The van der Waals surface area contributed by atoms with Crippen molar-refractivity contribution in [3.05, 3.63) is 41.7 Å². The summed E-state index contributed by atoms with van der Waals surface area (Å²) in [4.78, 5) is 11.9. The summed E-state index contributed by atoms with van der Waals surface area (Å²) in [5.41, 5.74) is 1.85. The van der Waals surface area contributed by atoms with E-state index in [0.717, 1.165) is 16.3 Å². The zero-order valence-electron chi connectivity index (χ0n) is 9.75. The maximum atomic E-state index is 11.9. The highest BCUT2D eigenvalue weighted by molar-refractivity contribution is 7.99. The van der Waals surface area contributed by atoms with Crippen molar-refractivity contribution < 1.29 is 4.79 Å². The lowest BCUT2D eigenvalue weighted by atomic mass is 10.1. The molecule has 0 radical (unpaired) electrons. The number of Topliss-reactive ketones (excluding diaryl/α,β-unsaturated/α-hetero) is 1. The fourth-order valence-electron chi connectivity index (χ4n) is 1.44. The van der Waals surface area contributed by atoms with E-state index in [9.17, 15) is 4.79 Å². The molecule has 0 aliphatic carbocycles. The molecule has 1 aromatic carbocycles. The monoisotopic (exact) mass is 247 g/mol. The van der Waals surface area contributed by atoms with Gasteiger partial charge >= 0.3 is 0 Å². The van der Waals surface area contributed by atoms with E-state index in [1.165, 1.54) is 11.8 Å². The van der Waals surface area contributed by atoms with Crippen molar-refractivity contribution >= 4 is 17.5 Å². The van der Waals surface area contributed by atoms with Crippen LogP contribution in [0.15, 0.2) is 35.7 Å². The van der Waals surface area contributed by atoms with Crippen molar-refractivity contribution in [2.75, 3.05) is 5.75 Å². The standard InChI is InChI=1S/C12H13N3OS/c1-9-4-3-5-10(6-9)11(16)7-17-12-14-13-8-15(12)2/h3-6,8H,7H2,1-2H3. The van der Waals surface area contributed by atoms with Gasteiger partial charge in [0.1, 0.15) is 6.33 Å². The molecule has 4 nitrogen and oxygen atoms in total. The first kappa shape index (κ1) is 11.9. The summed E-state index contributed by atoms with van der Waals surface area (Å²) >= 11 is 1.40. The van der Waals surface area contributed by atoms with Crippen LogP contribution in [-0.4, -0.2) is 26.3 Å². The molecule has 0 bridgehead atoms. The third-order valence-electron chi connectivity index (χ3n) is 2.34. The minimum absolute atomic E-state index is 0.113. The van der Waals surface area contributed by atoms with Gasteiger partial charge in [-0.3, -0.25) is 4.79 Å². The molecule has 2 aromatic rings. The van der Waals surface area contributed by atoms with Crippen LogP contribution in [0.25, 0.3) is 0 Å². The number of ketones is 1. The van der Waals surface area contributed by atoms with Gasteiger partial charge in [0.25, 0.3) is 0 Å². The van der Waals surface area contributed by atoms with Gasteiger partial charge in [0.05, 0.1) is 5.75 Å². The second-order valence-electron chi connectivity index (χ2n) is 3.81. The van der Waals surface area contributed by atoms with Gasteiger partial charge in [-0.15, -0.1) is 10.2 Å². The minimum atomic E-state index is 0.113. The highest BCUT2D eigenvalue weighted by Gasteiger charge is 2.09. The number of hydrogen-bond acceptors (Lipinski definition) is 4. The van der Waals surface area contributed by atoms with E-state index in [4.69, 9.17) is 0 Å². The molecule has 5 heteroatoms. The Balaban J connectivity index is 2.01. The van der Waals surface area contributed by atoms with Crippen molar-refractivity contribution in [1.82, 2.24) is 14.8 Å². The smallest absolute Gasteiger partial charge is 0.191 e. The Bertz CT molecular complexity index is 536. The number of carbonyl (C=O) groups excluding carboxylic acids is 1. The first-order valence-electron chi connectivity index (χ1n) is 5.23. The van der Waals surface area contributed by atoms with Crippen molar-refractivity contribution in [1.29, 1.82) is 0 Å². The number of hydrogen-bond donors (Lipinski definition) is 0. The lowest BCUT2D eigenvalue weighted by Crippen LogP contribution is -2.03. The number of aromatic nitrogens is 3. The summed E-state index contributed by atoms with van der Waals surface area (Å²) < 4.78 is 1.80. The van der Waals surface area contributed by atoms with E-state index in [1.54, 1.807) is 10.9 Å². The minimum Gasteiger partial charge on any atom is -0.312 e. The molecule has 0 spiro atoms. The molecule has 0 fully saturated rings. The lowest BCUT2D eigenvalue weighted by Gasteiger charge is -2.01. The van der Waals surface area contributed by atoms with Crippen molar-refractivity contribution in [2.24, 2.45) is 7.05 Å². The molecule has 88 valence electrons. The summed E-state index contributed by atoms with van der Waals surface area (Å²) in [6.45, 7) is 1.98. The topological polar surface area (TPSA) is 47.8 Å². The van der Waals surface area contributed by atoms with Crippen molar-refractivity contribution in [3.8, 4) is 0 Å². The van der Waals surface area contributed by atoms with Gasteiger partial charge in [-0.25, -0.2) is 0 Å². The maximum absolute atomic E-state index is 11.9. The molecule has 0 unspecified atom stereocenters. The zero-order chi connectivity index (χ0) is 12.3. The van der Waals surface area contributed by atoms with Gasteiger partial charge in [-0.1, -0.05) is 35.5 Å². The summed E-state index contributed by atoms with van der Waals surface area (Å²) in [5.74, 6) is 0.498. The number of rotatable bonds is 4. The summed E-state index contributed by atoms with van der Waals surface area (Å²) in [6, 6.07) is 7.62. The molecule has 2 rings (SSSR count). The van der Waals surface area contributed by atoms with E-state index in [1.807, 2.05) is 38.2 Å². The van der Waals surface area contributed by atoms with E-state index < -0.39 is 0 Å². The van der Waals surface area contributed by atoms with Crippen LogP contribution in [0.4, 0.5) is 0 Å². The number of thioether (sulfide) groups is 1. The highest BCUT2D eigenvalue weighted by Crippen LogP contribution is 2.16. The van der Waals surface area contributed by atoms with Crippen LogP contribution >= 0.6 is 11.8 Å². The van der Waals surface area contributed by atoms with Crippen LogP contribution in [0.2, 0.25) is 0 Å². The third kappa shape index (κ3) is 2.94. The average Bonchev–Trinajstić information content (AvgIpc) is 2.72. The molecule has 0 saturated heterocycles. The van der Waals surface area contributed by atoms with Gasteiger partial charge in [-0.2, -0.15) is 0 Å². The molecule has 0 aliphatic rings. The van der Waals surface area contributed by atoms with E-state index >= 15 is 0 Å². The predicted octanol–water partition coefficient (Wildman–Crippen LogP) is 2.10. The van der Waals surface area contributed by atoms with E-state index in [-0.39, 0.29) is 5.78 Å². The first-order valence-corrected chi connectivity index (χ1v) is 6.22. The number of benzene rings is 1. The Morgan fingerprint density at radius 3 is 2.94 bits per heavy atom. The van der Waals surface area contributed by atoms with Crippen LogP contribution < -0.4 is 0 Å². The molecule has 0 aliphatic heterocycles. The lowest BCUT2D eigenvalue weighted by molar-refractivity contribution is 0.102.